The van der Waals surface area contributed by atoms with Crippen molar-refractivity contribution in [3.8, 4) is 0 Å². The topological polar surface area (TPSA) is 57.6 Å². The van der Waals surface area contributed by atoms with E-state index in [2.05, 4.69) is 0 Å². The first-order valence-electron chi connectivity index (χ1n) is 6.53. The molecule has 0 aliphatic heterocycles. The molecule has 0 atom stereocenters. The minimum atomic E-state index is -0.981. The third-order valence-corrected chi connectivity index (χ3v) is 4.41. The third-order valence-electron chi connectivity index (χ3n) is 3.14. The summed E-state index contributed by atoms with van der Waals surface area (Å²) in [4.78, 5) is 25.5. The maximum Gasteiger partial charge on any atom is 0.323 e. The Hall–Kier alpha value is -1.88. The standard InChI is InChI=1S/C15H17NO3S/c1-3-8-16(9-13(17)18)15(19)14-10(2)11-6-4-5-7-12(11)20-14/h4-7H,3,8-9H2,1-2H3,(H,17,18). The van der Waals surface area contributed by atoms with Crippen LogP contribution in [0, 0.1) is 6.92 Å². The number of carboxylic acid groups (broad SMARTS) is 1. The zero-order chi connectivity index (χ0) is 14.7. The zero-order valence-electron chi connectivity index (χ0n) is 11.5. The number of thiophene rings is 1. The minimum absolute atomic E-state index is 0.187. The molecule has 0 spiro atoms. The van der Waals surface area contributed by atoms with Crippen LogP contribution < -0.4 is 0 Å². The SMILES string of the molecule is CCCN(CC(=O)O)C(=O)c1sc2ccccc2c1C. The van der Waals surface area contributed by atoms with Crippen molar-refractivity contribution in [2.24, 2.45) is 0 Å². The van der Waals surface area contributed by atoms with Gasteiger partial charge in [-0.2, -0.15) is 0 Å². The number of aryl methyl sites for hydroxylation is 1. The predicted octanol–water partition coefficient (Wildman–Crippen LogP) is 3.15. The molecule has 20 heavy (non-hydrogen) atoms. The lowest BCUT2D eigenvalue weighted by Crippen LogP contribution is -2.36. The van der Waals surface area contributed by atoms with E-state index in [1.165, 1.54) is 16.2 Å². The lowest BCUT2D eigenvalue weighted by molar-refractivity contribution is -0.137. The first-order valence-corrected chi connectivity index (χ1v) is 7.35. The Balaban J connectivity index is 2.38. The van der Waals surface area contributed by atoms with Crippen LogP contribution in [-0.4, -0.2) is 35.0 Å². The molecule has 0 radical (unpaired) electrons. The Morgan fingerprint density at radius 1 is 1.30 bits per heavy atom. The second-order valence-electron chi connectivity index (χ2n) is 4.67. The third kappa shape index (κ3) is 2.82. The molecule has 0 bridgehead atoms. The van der Waals surface area contributed by atoms with Crippen molar-refractivity contribution in [1.82, 2.24) is 4.90 Å². The van der Waals surface area contributed by atoms with Gasteiger partial charge in [0.05, 0.1) is 4.88 Å². The quantitative estimate of drug-likeness (QED) is 0.920. The molecule has 4 nitrogen and oxygen atoms in total. The van der Waals surface area contributed by atoms with E-state index in [0.717, 1.165) is 22.1 Å². The van der Waals surface area contributed by atoms with Crippen molar-refractivity contribution >= 4 is 33.3 Å². The highest BCUT2D eigenvalue weighted by atomic mass is 32.1. The normalized spacial score (nSPS) is 10.7. The van der Waals surface area contributed by atoms with Crippen LogP contribution in [-0.2, 0) is 4.79 Å². The lowest BCUT2D eigenvalue weighted by Gasteiger charge is -2.19. The molecule has 1 amide bonds. The Labute approximate surface area is 121 Å². The zero-order valence-corrected chi connectivity index (χ0v) is 12.4. The smallest absolute Gasteiger partial charge is 0.323 e. The molecule has 2 rings (SSSR count). The number of nitrogens with zero attached hydrogens (tertiary/aromatic N) is 1. The monoisotopic (exact) mass is 291 g/mol. The summed E-state index contributed by atoms with van der Waals surface area (Å²) in [5, 5.41) is 9.99. The van der Waals surface area contributed by atoms with Crippen LogP contribution in [0.2, 0.25) is 0 Å². The van der Waals surface area contributed by atoms with Gasteiger partial charge in [-0.1, -0.05) is 25.1 Å². The first-order chi connectivity index (χ1) is 9.54. The highest BCUT2D eigenvalue weighted by molar-refractivity contribution is 7.21. The van der Waals surface area contributed by atoms with E-state index in [4.69, 9.17) is 5.11 Å². The summed E-state index contributed by atoms with van der Waals surface area (Å²) in [5.41, 5.74) is 0.932. The van der Waals surface area contributed by atoms with Gasteiger partial charge in [-0.15, -0.1) is 11.3 Å². The number of carbonyl (C=O) groups excluding carboxylic acids is 1. The van der Waals surface area contributed by atoms with Gasteiger partial charge in [-0.25, -0.2) is 0 Å². The van der Waals surface area contributed by atoms with Crippen molar-refractivity contribution in [2.45, 2.75) is 20.3 Å². The average Bonchev–Trinajstić information content (AvgIpc) is 2.75. The predicted molar refractivity (Wildman–Crippen MR) is 80.4 cm³/mol. The number of aliphatic carboxylic acids is 1. The molecule has 1 aromatic heterocycles. The maximum atomic E-state index is 12.5. The number of carboxylic acids is 1. The number of carbonyl (C=O) groups is 2. The summed E-state index contributed by atoms with van der Waals surface area (Å²) in [6.07, 6.45) is 0.739. The molecule has 0 unspecified atom stereocenters. The first kappa shape index (κ1) is 14.5. The number of rotatable bonds is 5. The highest BCUT2D eigenvalue weighted by Crippen LogP contribution is 2.31. The fraction of sp³-hybridized carbons (Fsp3) is 0.333. The van der Waals surface area contributed by atoms with Gasteiger partial charge in [0.1, 0.15) is 6.54 Å². The molecule has 2 aromatic rings. The molecular weight excluding hydrogens is 274 g/mol. The Morgan fingerprint density at radius 2 is 2.00 bits per heavy atom. The van der Waals surface area contributed by atoms with E-state index < -0.39 is 5.97 Å². The number of amides is 1. The Morgan fingerprint density at radius 3 is 2.60 bits per heavy atom. The molecule has 0 fully saturated rings. The van der Waals surface area contributed by atoms with Crippen LogP contribution in [0.1, 0.15) is 28.6 Å². The molecule has 106 valence electrons. The second-order valence-corrected chi connectivity index (χ2v) is 5.72. The summed E-state index contributed by atoms with van der Waals surface area (Å²) in [5.74, 6) is -1.17. The lowest BCUT2D eigenvalue weighted by atomic mass is 10.1. The van der Waals surface area contributed by atoms with Crippen molar-refractivity contribution < 1.29 is 14.7 Å². The van der Waals surface area contributed by atoms with Gasteiger partial charge in [-0.3, -0.25) is 9.59 Å². The van der Waals surface area contributed by atoms with Gasteiger partial charge in [0.15, 0.2) is 0 Å². The molecule has 5 heteroatoms. The fourth-order valence-corrected chi connectivity index (χ4v) is 3.38. The molecule has 0 saturated heterocycles. The van der Waals surface area contributed by atoms with Gasteiger partial charge in [0.25, 0.3) is 5.91 Å². The van der Waals surface area contributed by atoms with Crippen LogP contribution >= 0.6 is 11.3 Å². The molecule has 0 saturated carbocycles. The highest BCUT2D eigenvalue weighted by Gasteiger charge is 2.22. The van der Waals surface area contributed by atoms with Gasteiger partial charge >= 0.3 is 5.97 Å². The fourth-order valence-electron chi connectivity index (χ4n) is 2.21. The van der Waals surface area contributed by atoms with Crippen LogP contribution in [0.25, 0.3) is 10.1 Å². The van der Waals surface area contributed by atoms with Gasteiger partial charge in [-0.05, 0) is 30.4 Å². The number of fused-ring (bicyclic) bond motifs is 1. The van der Waals surface area contributed by atoms with Crippen molar-refractivity contribution in [3.63, 3.8) is 0 Å². The van der Waals surface area contributed by atoms with E-state index >= 15 is 0 Å². The van der Waals surface area contributed by atoms with E-state index in [9.17, 15) is 9.59 Å². The van der Waals surface area contributed by atoms with Crippen LogP contribution in [0.3, 0.4) is 0 Å². The van der Waals surface area contributed by atoms with Gasteiger partial charge in [0, 0.05) is 11.2 Å². The Bertz CT molecular complexity index is 648. The van der Waals surface area contributed by atoms with E-state index in [0.29, 0.717) is 11.4 Å². The van der Waals surface area contributed by atoms with Crippen LogP contribution in [0.15, 0.2) is 24.3 Å². The van der Waals surface area contributed by atoms with Crippen LogP contribution in [0.4, 0.5) is 0 Å². The molecule has 1 aromatic carbocycles. The molecular formula is C15H17NO3S. The molecule has 0 aliphatic rings. The average molecular weight is 291 g/mol. The second kappa shape index (κ2) is 6.05. The largest absolute Gasteiger partial charge is 0.480 e. The minimum Gasteiger partial charge on any atom is -0.480 e. The van der Waals surface area contributed by atoms with Gasteiger partial charge in [0.2, 0.25) is 0 Å². The van der Waals surface area contributed by atoms with Crippen molar-refractivity contribution in [2.75, 3.05) is 13.1 Å². The molecule has 0 aliphatic carbocycles. The van der Waals surface area contributed by atoms with Crippen molar-refractivity contribution in [1.29, 1.82) is 0 Å². The summed E-state index contributed by atoms with van der Waals surface area (Å²) in [6.45, 7) is 4.05. The number of benzene rings is 1. The summed E-state index contributed by atoms with van der Waals surface area (Å²) in [6, 6.07) is 7.84. The number of hydrogen-bond acceptors (Lipinski definition) is 3. The van der Waals surface area contributed by atoms with Crippen LogP contribution in [0.5, 0.6) is 0 Å². The van der Waals surface area contributed by atoms with E-state index in [1.54, 1.807) is 0 Å². The summed E-state index contributed by atoms with van der Waals surface area (Å²) < 4.78 is 1.06. The van der Waals surface area contributed by atoms with E-state index in [1.807, 2.05) is 38.1 Å². The van der Waals surface area contributed by atoms with E-state index in [-0.39, 0.29) is 12.5 Å². The molecule has 1 heterocycles. The Kier molecular flexibility index (Phi) is 4.39. The summed E-state index contributed by atoms with van der Waals surface area (Å²) in [7, 11) is 0. The van der Waals surface area contributed by atoms with Gasteiger partial charge < -0.3 is 10.0 Å². The maximum absolute atomic E-state index is 12.5. The summed E-state index contributed by atoms with van der Waals surface area (Å²) >= 11 is 1.43. The number of hydrogen-bond donors (Lipinski definition) is 1. The molecule has 1 N–H and O–H groups in total. The van der Waals surface area contributed by atoms with Crippen molar-refractivity contribution in [3.05, 3.63) is 34.7 Å².